The molecular formula is C18H17N3O5. The molecule has 8 nitrogen and oxygen atoms in total. The van der Waals surface area contributed by atoms with Gasteiger partial charge in [0.1, 0.15) is 5.75 Å². The average molecular weight is 355 g/mol. The number of fused-ring (bicyclic) bond motifs is 1. The van der Waals surface area contributed by atoms with E-state index >= 15 is 0 Å². The van der Waals surface area contributed by atoms with Crippen LogP contribution in [0, 0.1) is 17.0 Å². The number of nitrogens with one attached hydrogen (secondary N) is 1. The van der Waals surface area contributed by atoms with Crippen molar-refractivity contribution in [3.63, 3.8) is 0 Å². The van der Waals surface area contributed by atoms with Gasteiger partial charge < -0.3 is 15.0 Å². The molecule has 1 heterocycles. The Labute approximate surface area is 149 Å². The lowest BCUT2D eigenvalue weighted by Gasteiger charge is -2.34. The highest BCUT2D eigenvalue weighted by Gasteiger charge is 2.34. The van der Waals surface area contributed by atoms with Crippen LogP contribution in [0.15, 0.2) is 42.5 Å². The number of hydrogen-bond donors (Lipinski definition) is 1. The van der Waals surface area contributed by atoms with E-state index in [1.54, 1.807) is 31.2 Å². The second kappa shape index (κ2) is 6.83. The highest BCUT2D eigenvalue weighted by atomic mass is 16.6. The van der Waals surface area contributed by atoms with Gasteiger partial charge in [-0.1, -0.05) is 18.2 Å². The molecule has 2 aromatic rings. The Balaban J connectivity index is 2.01. The summed E-state index contributed by atoms with van der Waals surface area (Å²) >= 11 is 0. The van der Waals surface area contributed by atoms with Gasteiger partial charge in [-0.05, 0) is 25.1 Å². The summed E-state index contributed by atoms with van der Waals surface area (Å²) in [4.78, 5) is 37.1. The van der Waals surface area contributed by atoms with Crippen LogP contribution in [-0.2, 0) is 4.79 Å². The second-order valence-corrected chi connectivity index (χ2v) is 5.86. The zero-order valence-electron chi connectivity index (χ0n) is 14.3. The molecule has 0 bridgehead atoms. The van der Waals surface area contributed by atoms with E-state index in [-0.39, 0.29) is 23.7 Å². The van der Waals surface area contributed by atoms with Gasteiger partial charge in [0.2, 0.25) is 0 Å². The van der Waals surface area contributed by atoms with E-state index in [1.165, 1.54) is 30.1 Å². The SMILES string of the molecule is CNC(=O)C1CN(C(=O)c2ccc(C)c([N+](=O)[O-])c2)c2ccccc2O1. The normalized spacial score (nSPS) is 15.6. The molecule has 0 fully saturated rings. The van der Waals surface area contributed by atoms with Gasteiger partial charge in [-0.3, -0.25) is 19.7 Å². The molecule has 0 aromatic heterocycles. The van der Waals surface area contributed by atoms with Crippen molar-refractivity contribution in [3.05, 3.63) is 63.7 Å². The smallest absolute Gasteiger partial charge is 0.273 e. The standard InChI is InChI=1S/C18H17N3O5/c1-11-7-8-12(9-14(11)21(24)25)18(23)20-10-16(17(22)19-2)26-15-6-4-3-5-13(15)20/h3-9,16H,10H2,1-2H3,(H,19,22). The minimum absolute atomic E-state index is 0.0111. The van der Waals surface area contributed by atoms with Crippen molar-refractivity contribution in [3.8, 4) is 5.75 Å². The number of benzene rings is 2. The zero-order chi connectivity index (χ0) is 18.8. The van der Waals surface area contributed by atoms with E-state index < -0.39 is 16.9 Å². The number of ether oxygens (including phenoxy) is 1. The number of amides is 2. The molecule has 2 aromatic carbocycles. The van der Waals surface area contributed by atoms with E-state index in [0.717, 1.165) is 0 Å². The number of anilines is 1. The molecule has 26 heavy (non-hydrogen) atoms. The van der Waals surface area contributed by atoms with Crippen molar-refractivity contribution in [2.45, 2.75) is 13.0 Å². The lowest BCUT2D eigenvalue weighted by atomic mass is 10.1. The van der Waals surface area contributed by atoms with Gasteiger partial charge in [-0.15, -0.1) is 0 Å². The van der Waals surface area contributed by atoms with E-state index in [9.17, 15) is 19.7 Å². The zero-order valence-corrected chi connectivity index (χ0v) is 14.3. The number of carbonyl (C=O) groups is 2. The van der Waals surface area contributed by atoms with Crippen molar-refractivity contribution in [1.82, 2.24) is 5.32 Å². The van der Waals surface area contributed by atoms with Gasteiger partial charge in [-0.2, -0.15) is 0 Å². The van der Waals surface area contributed by atoms with E-state index in [2.05, 4.69) is 5.32 Å². The monoisotopic (exact) mass is 355 g/mol. The van der Waals surface area contributed by atoms with Crippen molar-refractivity contribution in [2.24, 2.45) is 0 Å². The van der Waals surface area contributed by atoms with Crippen LogP contribution in [0.4, 0.5) is 11.4 Å². The Kier molecular flexibility index (Phi) is 4.57. The van der Waals surface area contributed by atoms with E-state index in [0.29, 0.717) is 17.0 Å². The maximum Gasteiger partial charge on any atom is 0.273 e. The summed E-state index contributed by atoms with van der Waals surface area (Å²) in [5, 5.41) is 13.7. The molecule has 1 unspecified atom stereocenters. The first-order valence-corrected chi connectivity index (χ1v) is 7.96. The third-order valence-electron chi connectivity index (χ3n) is 4.21. The number of likely N-dealkylation sites (N-methyl/N-ethyl adjacent to an activating group) is 1. The lowest BCUT2D eigenvalue weighted by molar-refractivity contribution is -0.385. The van der Waals surface area contributed by atoms with Crippen LogP contribution >= 0.6 is 0 Å². The minimum Gasteiger partial charge on any atom is -0.477 e. The van der Waals surface area contributed by atoms with Crippen molar-refractivity contribution in [2.75, 3.05) is 18.5 Å². The topological polar surface area (TPSA) is 102 Å². The Hall–Kier alpha value is -3.42. The second-order valence-electron chi connectivity index (χ2n) is 5.86. The van der Waals surface area contributed by atoms with Crippen LogP contribution in [0.25, 0.3) is 0 Å². The maximum absolute atomic E-state index is 13.0. The molecule has 0 saturated carbocycles. The van der Waals surface area contributed by atoms with Crippen LogP contribution in [0.5, 0.6) is 5.75 Å². The van der Waals surface area contributed by atoms with Gasteiger partial charge in [-0.25, -0.2) is 0 Å². The number of rotatable bonds is 3. The number of para-hydroxylation sites is 2. The first-order valence-electron chi connectivity index (χ1n) is 7.96. The molecule has 134 valence electrons. The van der Waals surface area contributed by atoms with Gasteiger partial charge in [0.15, 0.2) is 6.10 Å². The van der Waals surface area contributed by atoms with E-state index in [4.69, 9.17) is 4.74 Å². The van der Waals surface area contributed by atoms with Gasteiger partial charge in [0, 0.05) is 24.2 Å². The summed E-state index contributed by atoms with van der Waals surface area (Å²) in [7, 11) is 1.49. The number of hydrogen-bond acceptors (Lipinski definition) is 5. The summed E-state index contributed by atoms with van der Waals surface area (Å²) in [6.45, 7) is 1.62. The molecule has 0 saturated heterocycles. The summed E-state index contributed by atoms with van der Waals surface area (Å²) < 4.78 is 5.67. The Morgan fingerprint density at radius 3 is 2.69 bits per heavy atom. The van der Waals surface area contributed by atoms with Gasteiger partial charge in [0.25, 0.3) is 17.5 Å². The number of nitro groups is 1. The maximum atomic E-state index is 13.0. The van der Waals surface area contributed by atoms with Crippen LogP contribution in [0.1, 0.15) is 15.9 Å². The average Bonchev–Trinajstić information content (AvgIpc) is 2.66. The predicted octanol–water partition coefficient (Wildman–Crippen LogP) is 2.06. The van der Waals surface area contributed by atoms with E-state index in [1.807, 2.05) is 0 Å². The molecule has 1 N–H and O–H groups in total. The fourth-order valence-electron chi connectivity index (χ4n) is 2.82. The molecule has 1 aliphatic rings. The molecule has 3 rings (SSSR count). The van der Waals surface area contributed by atoms with Crippen molar-refractivity contribution < 1.29 is 19.2 Å². The molecule has 0 aliphatic carbocycles. The quantitative estimate of drug-likeness (QED) is 0.671. The highest BCUT2D eigenvalue weighted by Crippen LogP contribution is 2.34. The first-order chi connectivity index (χ1) is 12.4. The minimum atomic E-state index is -0.862. The largest absolute Gasteiger partial charge is 0.477 e. The number of aryl methyl sites for hydroxylation is 1. The molecule has 0 radical (unpaired) electrons. The van der Waals surface area contributed by atoms with Crippen molar-refractivity contribution in [1.29, 1.82) is 0 Å². The molecule has 1 atom stereocenters. The summed E-state index contributed by atoms with van der Waals surface area (Å²) in [5.41, 5.74) is 1.04. The van der Waals surface area contributed by atoms with Gasteiger partial charge in [0.05, 0.1) is 17.2 Å². The number of nitrogens with zero attached hydrogens (tertiary/aromatic N) is 2. The van der Waals surface area contributed by atoms with Gasteiger partial charge >= 0.3 is 0 Å². The molecule has 2 amide bonds. The van der Waals surface area contributed by atoms with Crippen LogP contribution in [0.2, 0.25) is 0 Å². The van der Waals surface area contributed by atoms with Crippen LogP contribution in [0.3, 0.4) is 0 Å². The van der Waals surface area contributed by atoms with Crippen molar-refractivity contribution >= 4 is 23.2 Å². The third kappa shape index (κ3) is 3.08. The number of carbonyl (C=O) groups excluding carboxylic acids is 2. The lowest BCUT2D eigenvalue weighted by Crippen LogP contribution is -2.50. The Bertz CT molecular complexity index is 896. The first kappa shape index (κ1) is 17.4. The fourth-order valence-corrected chi connectivity index (χ4v) is 2.82. The summed E-state index contributed by atoms with van der Waals surface area (Å²) in [6.07, 6.45) is -0.862. The highest BCUT2D eigenvalue weighted by molar-refractivity contribution is 6.08. The van der Waals surface area contributed by atoms with Crippen LogP contribution in [-0.4, -0.2) is 36.4 Å². The molecule has 0 spiro atoms. The molecule has 1 aliphatic heterocycles. The fraction of sp³-hybridized carbons (Fsp3) is 0.222. The number of nitro benzene ring substituents is 1. The Morgan fingerprint density at radius 1 is 1.27 bits per heavy atom. The Morgan fingerprint density at radius 2 is 2.00 bits per heavy atom. The summed E-state index contributed by atoms with van der Waals surface area (Å²) in [5.74, 6) is -0.382. The predicted molar refractivity (Wildman–Crippen MR) is 94.4 cm³/mol. The van der Waals surface area contributed by atoms with Crippen LogP contribution < -0.4 is 15.0 Å². The third-order valence-corrected chi connectivity index (χ3v) is 4.21. The summed E-state index contributed by atoms with van der Waals surface area (Å²) in [6, 6.07) is 11.2. The molecule has 8 heteroatoms. The molecular weight excluding hydrogens is 338 g/mol.